The minimum absolute atomic E-state index is 0.118. The molecule has 0 unspecified atom stereocenters. The molecule has 0 bridgehead atoms. The van der Waals surface area contributed by atoms with E-state index in [0.29, 0.717) is 22.2 Å². The fourth-order valence-corrected chi connectivity index (χ4v) is 5.08. The Bertz CT molecular complexity index is 1360. The van der Waals surface area contributed by atoms with Gasteiger partial charge in [0.05, 0.1) is 17.1 Å². The molecule has 0 saturated heterocycles. The van der Waals surface area contributed by atoms with Gasteiger partial charge in [-0.2, -0.15) is 0 Å². The summed E-state index contributed by atoms with van der Waals surface area (Å²) in [4.78, 5) is 11.6. The summed E-state index contributed by atoms with van der Waals surface area (Å²) in [6.45, 7) is 1.76. The highest BCUT2D eigenvalue weighted by atomic mass is 79.9. The van der Waals surface area contributed by atoms with Gasteiger partial charge in [-0.25, -0.2) is 13.2 Å². The summed E-state index contributed by atoms with van der Waals surface area (Å²) in [6.07, 6.45) is 0. The molecule has 1 N–H and O–H groups in total. The number of fused-ring (bicyclic) bond motifs is 1. The number of anilines is 1. The number of aromatic carboxylic acids is 1. The molecule has 0 radical (unpaired) electrons. The number of sulfonamides is 1. The highest BCUT2D eigenvalue weighted by Crippen LogP contribution is 2.33. The Morgan fingerprint density at radius 3 is 2.35 bits per heavy atom. The fourth-order valence-electron chi connectivity index (χ4n) is 3.37. The Kier molecular flexibility index (Phi) is 5.60. The van der Waals surface area contributed by atoms with E-state index in [-0.39, 0.29) is 17.2 Å². The first-order valence-corrected chi connectivity index (χ1v) is 11.6. The molecule has 3 aromatic carbocycles. The number of hydrogen-bond acceptors (Lipinski definition) is 4. The van der Waals surface area contributed by atoms with E-state index in [1.807, 2.05) is 30.3 Å². The normalized spacial score (nSPS) is 11.5. The van der Waals surface area contributed by atoms with Crippen molar-refractivity contribution in [2.45, 2.75) is 18.4 Å². The van der Waals surface area contributed by atoms with Gasteiger partial charge in [0.15, 0.2) is 0 Å². The second-order valence-corrected chi connectivity index (χ2v) is 9.77. The van der Waals surface area contributed by atoms with Gasteiger partial charge in [-0.1, -0.05) is 46.3 Å². The first-order chi connectivity index (χ1) is 14.8. The van der Waals surface area contributed by atoms with Crippen LogP contribution in [0, 0.1) is 6.92 Å². The predicted molar refractivity (Wildman–Crippen MR) is 122 cm³/mol. The zero-order valence-corrected chi connectivity index (χ0v) is 18.9. The molecule has 6 nitrogen and oxygen atoms in total. The number of nitrogens with zero attached hydrogens (tertiary/aromatic N) is 1. The monoisotopic (exact) mass is 499 g/mol. The summed E-state index contributed by atoms with van der Waals surface area (Å²) < 4.78 is 34.7. The number of carboxylic acid groups (broad SMARTS) is 1. The van der Waals surface area contributed by atoms with Gasteiger partial charge in [-0.15, -0.1) is 0 Å². The molecule has 0 fully saturated rings. The lowest BCUT2D eigenvalue weighted by Crippen LogP contribution is -2.30. The third-order valence-corrected chi connectivity index (χ3v) is 7.29. The van der Waals surface area contributed by atoms with Crippen molar-refractivity contribution in [1.29, 1.82) is 0 Å². The number of benzene rings is 3. The van der Waals surface area contributed by atoms with Gasteiger partial charge in [-0.05, 0) is 55.0 Å². The third kappa shape index (κ3) is 4.08. The quantitative estimate of drug-likeness (QED) is 0.373. The first kappa shape index (κ1) is 21.1. The van der Waals surface area contributed by atoms with Crippen LogP contribution in [-0.2, 0) is 16.6 Å². The van der Waals surface area contributed by atoms with Crippen LogP contribution in [0.1, 0.15) is 21.7 Å². The average Bonchev–Trinajstić information content (AvgIpc) is 3.09. The Balaban J connectivity index is 1.87. The zero-order chi connectivity index (χ0) is 22.2. The van der Waals surface area contributed by atoms with Crippen LogP contribution < -0.4 is 4.31 Å². The highest BCUT2D eigenvalue weighted by Gasteiger charge is 2.26. The lowest BCUT2D eigenvalue weighted by molar-refractivity contribution is 0.0664. The van der Waals surface area contributed by atoms with E-state index in [2.05, 4.69) is 15.9 Å². The van der Waals surface area contributed by atoms with Crippen molar-refractivity contribution in [2.75, 3.05) is 4.31 Å². The second kappa shape index (κ2) is 8.20. The van der Waals surface area contributed by atoms with Crippen LogP contribution in [0.5, 0.6) is 0 Å². The summed E-state index contributed by atoms with van der Waals surface area (Å²) >= 11 is 3.33. The molecule has 1 aromatic heterocycles. The van der Waals surface area contributed by atoms with Crippen LogP contribution in [0.15, 0.2) is 86.6 Å². The van der Waals surface area contributed by atoms with Crippen LogP contribution in [-0.4, -0.2) is 19.5 Å². The smallest absolute Gasteiger partial charge is 0.372 e. The van der Waals surface area contributed by atoms with Crippen LogP contribution in [0.25, 0.3) is 11.0 Å². The maximum absolute atomic E-state index is 13.6. The first-order valence-electron chi connectivity index (χ1n) is 9.36. The summed E-state index contributed by atoms with van der Waals surface area (Å²) in [7, 11) is -3.89. The van der Waals surface area contributed by atoms with Crippen molar-refractivity contribution < 1.29 is 22.7 Å². The van der Waals surface area contributed by atoms with E-state index < -0.39 is 16.0 Å². The van der Waals surface area contributed by atoms with Gasteiger partial charge in [0.1, 0.15) is 5.58 Å². The molecule has 31 heavy (non-hydrogen) atoms. The number of furan rings is 1. The lowest BCUT2D eigenvalue weighted by Gasteiger charge is -2.25. The van der Waals surface area contributed by atoms with Crippen molar-refractivity contribution in [3.8, 4) is 0 Å². The number of carbonyl (C=O) groups is 1. The summed E-state index contributed by atoms with van der Waals surface area (Å²) in [5.41, 5.74) is 2.07. The Morgan fingerprint density at radius 2 is 1.71 bits per heavy atom. The van der Waals surface area contributed by atoms with Crippen molar-refractivity contribution in [3.05, 3.63) is 94.2 Å². The van der Waals surface area contributed by atoms with E-state index in [9.17, 15) is 18.3 Å². The minimum atomic E-state index is -3.89. The topological polar surface area (TPSA) is 87.8 Å². The molecule has 0 atom stereocenters. The molecule has 158 valence electrons. The molecule has 8 heteroatoms. The molecule has 1 heterocycles. The molecule has 4 rings (SSSR count). The maximum Gasteiger partial charge on any atom is 0.372 e. The van der Waals surface area contributed by atoms with Crippen molar-refractivity contribution in [1.82, 2.24) is 0 Å². The number of carboxylic acids is 1. The van der Waals surface area contributed by atoms with Crippen molar-refractivity contribution in [3.63, 3.8) is 0 Å². The van der Waals surface area contributed by atoms with Crippen LogP contribution in [0.4, 0.5) is 5.69 Å². The molecular weight excluding hydrogens is 482 g/mol. The Labute approximate surface area is 187 Å². The van der Waals surface area contributed by atoms with E-state index in [0.717, 1.165) is 10.0 Å². The maximum atomic E-state index is 13.6. The van der Waals surface area contributed by atoms with E-state index in [1.54, 1.807) is 49.4 Å². The summed E-state index contributed by atoms with van der Waals surface area (Å²) in [5.74, 6) is -1.32. The van der Waals surface area contributed by atoms with Crippen molar-refractivity contribution >= 4 is 48.6 Å². The minimum Gasteiger partial charge on any atom is -0.475 e. The van der Waals surface area contributed by atoms with E-state index in [1.165, 1.54) is 4.31 Å². The predicted octanol–water partition coefficient (Wildman–Crippen LogP) is 5.60. The standard InChI is InChI=1S/C23H18BrNO5S/c1-15-20-13-18(9-12-21(20)30-22(15)23(26)27)25(14-16-5-3-2-4-6-16)31(28,29)19-10-7-17(24)8-11-19/h2-13H,14H2,1H3,(H,26,27). The fraction of sp³-hybridized carbons (Fsp3) is 0.0870. The number of aryl methyl sites for hydroxylation is 1. The average molecular weight is 500 g/mol. The summed E-state index contributed by atoms with van der Waals surface area (Å²) in [6, 6.07) is 20.6. The van der Waals surface area contributed by atoms with Gasteiger partial charge >= 0.3 is 5.97 Å². The molecule has 0 saturated carbocycles. The molecule has 0 spiro atoms. The molecule has 0 aliphatic rings. The lowest BCUT2D eigenvalue weighted by atomic mass is 10.1. The molecule has 4 aromatic rings. The Morgan fingerprint density at radius 1 is 1.03 bits per heavy atom. The number of hydrogen-bond donors (Lipinski definition) is 1. The second-order valence-electron chi connectivity index (χ2n) is 6.99. The highest BCUT2D eigenvalue weighted by molar-refractivity contribution is 9.10. The van der Waals surface area contributed by atoms with Crippen molar-refractivity contribution in [2.24, 2.45) is 0 Å². The van der Waals surface area contributed by atoms with E-state index in [4.69, 9.17) is 4.42 Å². The molecule has 0 aliphatic carbocycles. The third-order valence-electron chi connectivity index (χ3n) is 4.97. The van der Waals surface area contributed by atoms with Gasteiger partial charge in [0.25, 0.3) is 10.0 Å². The van der Waals surface area contributed by atoms with Gasteiger partial charge in [0.2, 0.25) is 5.76 Å². The van der Waals surface area contributed by atoms with Crippen LogP contribution in [0.3, 0.4) is 0 Å². The molecule has 0 aliphatic heterocycles. The van der Waals surface area contributed by atoms with Gasteiger partial charge < -0.3 is 9.52 Å². The van der Waals surface area contributed by atoms with Crippen LogP contribution in [0.2, 0.25) is 0 Å². The zero-order valence-electron chi connectivity index (χ0n) is 16.4. The summed E-state index contributed by atoms with van der Waals surface area (Å²) in [5, 5.41) is 9.89. The molecule has 0 amide bonds. The Hall–Kier alpha value is -3.10. The van der Waals surface area contributed by atoms with E-state index >= 15 is 0 Å². The number of rotatable bonds is 6. The van der Waals surface area contributed by atoms with Crippen LogP contribution >= 0.6 is 15.9 Å². The number of halogens is 1. The van der Waals surface area contributed by atoms with Gasteiger partial charge in [0, 0.05) is 15.4 Å². The SMILES string of the molecule is Cc1c(C(=O)O)oc2ccc(N(Cc3ccccc3)S(=O)(=O)c3ccc(Br)cc3)cc12. The largest absolute Gasteiger partial charge is 0.475 e. The van der Waals surface area contributed by atoms with Gasteiger partial charge in [-0.3, -0.25) is 4.31 Å². The molecular formula is C23H18BrNO5S.